The zero-order valence-electron chi connectivity index (χ0n) is 14.7. The molecule has 24 heavy (non-hydrogen) atoms. The zero-order chi connectivity index (χ0) is 17.5. The monoisotopic (exact) mass is 327 g/mol. The van der Waals surface area contributed by atoms with Gasteiger partial charge in [-0.15, -0.1) is 0 Å². The molecule has 0 heterocycles. The summed E-state index contributed by atoms with van der Waals surface area (Å²) in [5.41, 5.74) is 2.18. The number of nitrogens with one attached hydrogen (secondary N) is 1. The zero-order valence-corrected chi connectivity index (χ0v) is 14.7. The van der Waals surface area contributed by atoms with Crippen molar-refractivity contribution >= 4 is 5.91 Å². The number of rotatable bonds is 7. The van der Waals surface area contributed by atoms with Crippen LogP contribution in [0.4, 0.5) is 0 Å². The third-order valence-electron chi connectivity index (χ3n) is 3.75. The van der Waals surface area contributed by atoms with Gasteiger partial charge in [0.1, 0.15) is 11.5 Å². The quantitative estimate of drug-likeness (QED) is 0.835. The molecule has 1 N–H and O–H groups in total. The molecule has 4 heteroatoms. The molecule has 0 aliphatic carbocycles. The van der Waals surface area contributed by atoms with Crippen molar-refractivity contribution in [3.05, 3.63) is 59.7 Å². The topological polar surface area (TPSA) is 47.6 Å². The lowest BCUT2D eigenvalue weighted by atomic mass is 10.1. The summed E-state index contributed by atoms with van der Waals surface area (Å²) in [7, 11) is 0. The number of amides is 1. The van der Waals surface area contributed by atoms with Crippen molar-refractivity contribution in [3.63, 3.8) is 0 Å². The highest BCUT2D eigenvalue weighted by molar-refractivity contribution is 5.81. The maximum absolute atomic E-state index is 12.3. The first-order valence-electron chi connectivity index (χ1n) is 8.26. The predicted octanol–water partition coefficient (Wildman–Crippen LogP) is 4.04. The molecule has 0 spiro atoms. The van der Waals surface area contributed by atoms with E-state index in [0.717, 1.165) is 16.9 Å². The summed E-state index contributed by atoms with van der Waals surface area (Å²) in [5, 5.41) is 2.97. The Hall–Kier alpha value is -2.49. The van der Waals surface area contributed by atoms with E-state index < -0.39 is 6.10 Å². The highest BCUT2D eigenvalue weighted by Crippen LogP contribution is 2.18. The summed E-state index contributed by atoms with van der Waals surface area (Å²) in [5.74, 6) is 1.38. The maximum atomic E-state index is 12.3. The lowest BCUT2D eigenvalue weighted by Gasteiger charge is -2.19. The molecule has 2 aromatic carbocycles. The van der Waals surface area contributed by atoms with Crippen LogP contribution in [0.15, 0.2) is 48.5 Å². The molecule has 0 bridgehead atoms. The van der Waals surface area contributed by atoms with E-state index >= 15 is 0 Å². The molecule has 0 aliphatic heterocycles. The normalized spacial score (nSPS) is 13.0. The summed E-state index contributed by atoms with van der Waals surface area (Å²) in [6.07, 6.45) is -0.558. The molecule has 0 fully saturated rings. The number of carbonyl (C=O) groups excluding carboxylic acids is 1. The highest BCUT2D eigenvalue weighted by Gasteiger charge is 2.17. The van der Waals surface area contributed by atoms with E-state index in [0.29, 0.717) is 12.4 Å². The molecular formula is C20H25NO3. The third-order valence-corrected chi connectivity index (χ3v) is 3.75. The molecule has 2 aromatic rings. The molecule has 2 rings (SSSR count). The van der Waals surface area contributed by atoms with Crippen LogP contribution < -0.4 is 14.8 Å². The summed E-state index contributed by atoms with van der Waals surface area (Å²) < 4.78 is 11.1. The van der Waals surface area contributed by atoms with Gasteiger partial charge in [0.25, 0.3) is 5.91 Å². The number of carbonyl (C=O) groups is 1. The minimum Gasteiger partial charge on any atom is -0.494 e. The van der Waals surface area contributed by atoms with Crippen molar-refractivity contribution in [2.45, 2.75) is 39.8 Å². The van der Waals surface area contributed by atoms with Gasteiger partial charge in [-0.05, 0) is 57.5 Å². The summed E-state index contributed by atoms with van der Waals surface area (Å²) >= 11 is 0. The lowest BCUT2D eigenvalue weighted by Crippen LogP contribution is -2.37. The van der Waals surface area contributed by atoms with Gasteiger partial charge in [0, 0.05) is 0 Å². The van der Waals surface area contributed by atoms with Crippen LogP contribution in [0.2, 0.25) is 0 Å². The van der Waals surface area contributed by atoms with E-state index in [4.69, 9.17) is 9.47 Å². The van der Waals surface area contributed by atoms with Gasteiger partial charge in [-0.3, -0.25) is 4.79 Å². The van der Waals surface area contributed by atoms with E-state index in [2.05, 4.69) is 5.32 Å². The van der Waals surface area contributed by atoms with Gasteiger partial charge in [0.15, 0.2) is 6.10 Å². The highest BCUT2D eigenvalue weighted by atomic mass is 16.5. The number of benzene rings is 2. The standard InChI is InChI=1S/C20H25NO3/c1-5-23-18-12-8-17(9-13-18)15(3)21-20(22)16(4)24-19-10-6-14(2)7-11-19/h6-13,15-16H,5H2,1-4H3,(H,21,22)/t15-,16-/m0/s1. The van der Waals surface area contributed by atoms with E-state index in [1.807, 2.05) is 69.3 Å². The third kappa shape index (κ3) is 5.01. The van der Waals surface area contributed by atoms with Crippen LogP contribution in [0.1, 0.15) is 37.9 Å². The molecule has 4 nitrogen and oxygen atoms in total. The van der Waals surface area contributed by atoms with Gasteiger partial charge in [-0.25, -0.2) is 0 Å². The van der Waals surface area contributed by atoms with Crippen LogP contribution in [-0.4, -0.2) is 18.6 Å². The average molecular weight is 327 g/mol. The Morgan fingerprint density at radius 1 is 1.00 bits per heavy atom. The van der Waals surface area contributed by atoms with Crippen LogP contribution in [0.25, 0.3) is 0 Å². The van der Waals surface area contributed by atoms with E-state index in [9.17, 15) is 4.79 Å². The largest absolute Gasteiger partial charge is 0.494 e. The Kier molecular flexibility index (Phi) is 6.24. The van der Waals surface area contributed by atoms with Crippen LogP contribution in [0.5, 0.6) is 11.5 Å². The Labute approximate surface area is 143 Å². The molecule has 0 saturated heterocycles. The second kappa shape index (κ2) is 8.39. The van der Waals surface area contributed by atoms with E-state index in [1.54, 1.807) is 6.92 Å². The van der Waals surface area contributed by atoms with Crippen molar-refractivity contribution in [2.24, 2.45) is 0 Å². The molecule has 0 aromatic heterocycles. The Bertz CT molecular complexity index is 650. The van der Waals surface area contributed by atoms with Gasteiger partial charge >= 0.3 is 0 Å². The van der Waals surface area contributed by atoms with Crippen LogP contribution in [0, 0.1) is 6.92 Å². The first kappa shape index (κ1) is 17.9. The van der Waals surface area contributed by atoms with Crippen molar-refractivity contribution in [1.82, 2.24) is 5.32 Å². The summed E-state index contributed by atoms with van der Waals surface area (Å²) in [4.78, 5) is 12.3. The first-order valence-corrected chi connectivity index (χ1v) is 8.26. The first-order chi connectivity index (χ1) is 11.5. The molecule has 0 radical (unpaired) electrons. The molecule has 0 saturated carbocycles. The second-order valence-corrected chi connectivity index (χ2v) is 5.81. The van der Waals surface area contributed by atoms with Gasteiger partial charge in [0.05, 0.1) is 12.6 Å². The number of ether oxygens (including phenoxy) is 2. The van der Waals surface area contributed by atoms with Crippen LogP contribution >= 0.6 is 0 Å². The smallest absolute Gasteiger partial charge is 0.261 e. The Balaban J connectivity index is 1.91. The van der Waals surface area contributed by atoms with Crippen molar-refractivity contribution < 1.29 is 14.3 Å². The molecule has 1 amide bonds. The van der Waals surface area contributed by atoms with Gasteiger partial charge in [0.2, 0.25) is 0 Å². The molecule has 0 unspecified atom stereocenters. The second-order valence-electron chi connectivity index (χ2n) is 5.81. The van der Waals surface area contributed by atoms with Crippen LogP contribution in [-0.2, 0) is 4.79 Å². The fourth-order valence-electron chi connectivity index (χ4n) is 2.31. The molecule has 0 aliphatic rings. The van der Waals surface area contributed by atoms with Gasteiger partial charge in [-0.1, -0.05) is 29.8 Å². The average Bonchev–Trinajstić information content (AvgIpc) is 2.57. The van der Waals surface area contributed by atoms with E-state index in [-0.39, 0.29) is 11.9 Å². The fourth-order valence-corrected chi connectivity index (χ4v) is 2.31. The van der Waals surface area contributed by atoms with Gasteiger partial charge in [-0.2, -0.15) is 0 Å². The van der Waals surface area contributed by atoms with Crippen LogP contribution in [0.3, 0.4) is 0 Å². The number of hydrogen-bond acceptors (Lipinski definition) is 3. The SMILES string of the molecule is CCOc1ccc([C@H](C)NC(=O)[C@H](C)Oc2ccc(C)cc2)cc1. The summed E-state index contributed by atoms with van der Waals surface area (Å²) in [6, 6.07) is 15.3. The van der Waals surface area contributed by atoms with Crippen molar-refractivity contribution in [2.75, 3.05) is 6.61 Å². The number of aryl methyl sites for hydroxylation is 1. The molecule has 2 atom stereocenters. The molecular weight excluding hydrogens is 302 g/mol. The minimum absolute atomic E-state index is 0.0998. The molecule has 128 valence electrons. The van der Waals surface area contributed by atoms with E-state index in [1.165, 1.54) is 0 Å². The Morgan fingerprint density at radius 3 is 2.17 bits per heavy atom. The van der Waals surface area contributed by atoms with Crippen molar-refractivity contribution in [3.8, 4) is 11.5 Å². The van der Waals surface area contributed by atoms with Gasteiger partial charge < -0.3 is 14.8 Å². The maximum Gasteiger partial charge on any atom is 0.261 e. The predicted molar refractivity (Wildman–Crippen MR) is 95.4 cm³/mol. The lowest BCUT2D eigenvalue weighted by molar-refractivity contribution is -0.127. The summed E-state index contributed by atoms with van der Waals surface area (Å²) in [6.45, 7) is 8.30. The number of hydrogen-bond donors (Lipinski definition) is 1. The Morgan fingerprint density at radius 2 is 1.58 bits per heavy atom. The fraction of sp³-hybridized carbons (Fsp3) is 0.350. The van der Waals surface area contributed by atoms with Crippen molar-refractivity contribution in [1.29, 1.82) is 0 Å². The minimum atomic E-state index is -0.558.